The molecule has 0 spiro atoms. The topological polar surface area (TPSA) is 38.0 Å². The Balaban J connectivity index is 2.49. The van der Waals surface area contributed by atoms with Crippen molar-refractivity contribution in [2.75, 3.05) is 5.43 Å². The number of nitrogens with two attached hydrogens (primary N) is 1. The van der Waals surface area contributed by atoms with E-state index in [2.05, 4.69) is 18.1 Å². The van der Waals surface area contributed by atoms with Crippen molar-refractivity contribution in [2.24, 2.45) is 5.84 Å². The third-order valence-corrected chi connectivity index (χ3v) is 2.61. The smallest absolute Gasteiger partial charge is 0.147 e. The van der Waals surface area contributed by atoms with Gasteiger partial charge < -0.3 is 5.43 Å². The highest BCUT2D eigenvalue weighted by Crippen LogP contribution is 2.15. The number of rotatable bonds is 6. The van der Waals surface area contributed by atoms with Crippen LogP contribution in [-0.2, 0) is 6.42 Å². The summed E-state index contributed by atoms with van der Waals surface area (Å²) in [6, 6.07) is 5.03. The molecule has 96 valence electrons. The lowest BCUT2D eigenvalue weighted by atomic mass is 10.1. The summed E-state index contributed by atoms with van der Waals surface area (Å²) in [6.07, 6.45) is 9.52. The fourth-order valence-electron chi connectivity index (χ4n) is 1.47. The molecule has 0 aliphatic carbocycles. The first-order chi connectivity index (χ1) is 8.67. The van der Waals surface area contributed by atoms with Crippen molar-refractivity contribution in [3.8, 4) is 0 Å². The fraction of sp³-hybridized carbons (Fsp3) is 0.200. The van der Waals surface area contributed by atoms with Crippen LogP contribution in [0.15, 0.2) is 54.7 Å². The van der Waals surface area contributed by atoms with Crippen LogP contribution in [0, 0.1) is 5.82 Å². The normalized spacial score (nSPS) is 11.8. The summed E-state index contributed by atoms with van der Waals surface area (Å²) in [5, 5.41) is 0. The predicted octanol–water partition coefficient (Wildman–Crippen LogP) is 3.73. The fourth-order valence-corrected chi connectivity index (χ4v) is 1.47. The maximum absolute atomic E-state index is 13.4. The molecule has 1 aromatic carbocycles. The zero-order chi connectivity index (χ0) is 13.4. The summed E-state index contributed by atoms with van der Waals surface area (Å²) >= 11 is 0. The van der Waals surface area contributed by atoms with E-state index in [0.717, 1.165) is 24.0 Å². The molecule has 0 amide bonds. The Bertz CT molecular complexity index is 462. The lowest BCUT2D eigenvalue weighted by Gasteiger charge is -2.04. The molecule has 3 N–H and O–H groups in total. The lowest BCUT2D eigenvalue weighted by Crippen LogP contribution is -2.08. The number of halogens is 1. The van der Waals surface area contributed by atoms with E-state index in [1.807, 2.05) is 25.1 Å². The van der Waals surface area contributed by atoms with Crippen molar-refractivity contribution >= 4 is 5.69 Å². The van der Waals surface area contributed by atoms with Crippen molar-refractivity contribution in [3.63, 3.8) is 0 Å². The SMILES string of the molecule is C=C/C(C)=C\C=C/CCc1ccc(NN)c(F)c1. The van der Waals surface area contributed by atoms with Gasteiger partial charge in [0.15, 0.2) is 0 Å². The molecular formula is C15H19FN2. The molecule has 0 bridgehead atoms. The zero-order valence-electron chi connectivity index (χ0n) is 10.6. The summed E-state index contributed by atoms with van der Waals surface area (Å²) < 4.78 is 13.4. The molecule has 2 nitrogen and oxygen atoms in total. The van der Waals surface area contributed by atoms with Gasteiger partial charge >= 0.3 is 0 Å². The maximum atomic E-state index is 13.4. The van der Waals surface area contributed by atoms with Crippen LogP contribution in [-0.4, -0.2) is 0 Å². The van der Waals surface area contributed by atoms with E-state index in [-0.39, 0.29) is 5.82 Å². The van der Waals surface area contributed by atoms with E-state index >= 15 is 0 Å². The van der Waals surface area contributed by atoms with Crippen molar-refractivity contribution < 1.29 is 4.39 Å². The van der Waals surface area contributed by atoms with E-state index in [1.165, 1.54) is 6.07 Å². The molecule has 0 fully saturated rings. The molecule has 0 aromatic heterocycles. The Morgan fingerprint density at radius 2 is 2.28 bits per heavy atom. The van der Waals surface area contributed by atoms with Crippen LogP contribution in [0.5, 0.6) is 0 Å². The van der Waals surface area contributed by atoms with E-state index in [1.54, 1.807) is 12.1 Å². The molecule has 1 rings (SSSR count). The Hall–Kier alpha value is -1.87. The molecule has 0 saturated carbocycles. The Labute approximate surface area is 108 Å². The minimum Gasteiger partial charge on any atom is -0.321 e. The largest absolute Gasteiger partial charge is 0.321 e. The van der Waals surface area contributed by atoms with Crippen LogP contribution in [0.3, 0.4) is 0 Å². The predicted molar refractivity (Wildman–Crippen MR) is 75.6 cm³/mol. The number of anilines is 1. The molecule has 18 heavy (non-hydrogen) atoms. The van der Waals surface area contributed by atoms with Gasteiger partial charge in [-0.15, -0.1) is 0 Å². The van der Waals surface area contributed by atoms with Crippen molar-refractivity contribution in [2.45, 2.75) is 19.8 Å². The van der Waals surface area contributed by atoms with Gasteiger partial charge in [0.05, 0.1) is 5.69 Å². The highest BCUT2D eigenvalue weighted by molar-refractivity contribution is 5.45. The third-order valence-electron chi connectivity index (χ3n) is 2.61. The van der Waals surface area contributed by atoms with E-state index in [9.17, 15) is 4.39 Å². The van der Waals surface area contributed by atoms with Gasteiger partial charge in [0.2, 0.25) is 0 Å². The van der Waals surface area contributed by atoms with Crippen LogP contribution >= 0.6 is 0 Å². The molecule has 0 aliphatic rings. The second kappa shape index (κ2) is 7.45. The first-order valence-corrected chi connectivity index (χ1v) is 5.88. The van der Waals surface area contributed by atoms with Crippen molar-refractivity contribution in [1.29, 1.82) is 0 Å². The number of hydrogen-bond donors (Lipinski definition) is 2. The average molecular weight is 246 g/mol. The van der Waals surface area contributed by atoms with Crippen LogP contribution in [0.2, 0.25) is 0 Å². The van der Waals surface area contributed by atoms with E-state index in [0.29, 0.717) is 5.69 Å². The number of hydrogen-bond acceptors (Lipinski definition) is 2. The third kappa shape index (κ3) is 4.55. The highest BCUT2D eigenvalue weighted by Gasteiger charge is 2.00. The average Bonchev–Trinajstić information content (AvgIpc) is 2.38. The minimum atomic E-state index is -0.318. The summed E-state index contributed by atoms with van der Waals surface area (Å²) in [6.45, 7) is 5.66. The Morgan fingerprint density at radius 1 is 1.50 bits per heavy atom. The van der Waals surface area contributed by atoms with Crippen molar-refractivity contribution in [3.05, 3.63) is 66.0 Å². The zero-order valence-corrected chi connectivity index (χ0v) is 10.6. The minimum absolute atomic E-state index is 0.318. The Kier molecular flexibility index (Phi) is 5.88. The first kappa shape index (κ1) is 14.2. The molecular weight excluding hydrogens is 227 g/mol. The molecule has 0 saturated heterocycles. The molecule has 0 atom stereocenters. The molecule has 0 radical (unpaired) electrons. The number of hydrazine groups is 1. The van der Waals surface area contributed by atoms with Crippen LogP contribution in [0.1, 0.15) is 18.9 Å². The Morgan fingerprint density at radius 3 is 2.89 bits per heavy atom. The van der Waals surface area contributed by atoms with Crippen LogP contribution in [0.4, 0.5) is 10.1 Å². The highest BCUT2D eigenvalue weighted by atomic mass is 19.1. The summed E-state index contributed by atoms with van der Waals surface area (Å²) in [5.74, 6) is 4.85. The summed E-state index contributed by atoms with van der Waals surface area (Å²) in [7, 11) is 0. The molecule has 3 heteroatoms. The summed E-state index contributed by atoms with van der Waals surface area (Å²) in [5.41, 5.74) is 4.71. The molecule has 0 unspecified atom stereocenters. The van der Waals surface area contributed by atoms with Gasteiger partial charge in [-0.2, -0.15) is 0 Å². The van der Waals surface area contributed by atoms with E-state index in [4.69, 9.17) is 5.84 Å². The second-order valence-electron chi connectivity index (χ2n) is 4.04. The van der Waals surface area contributed by atoms with Crippen molar-refractivity contribution in [1.82, 2.24) is 0 Å². The molecule has 0 heterocycles. The van der Waals surface area contributed by atoms with Crippen LogP contribution < -0.4 is 11.3 Å². The number of nitrogens with one attached hydrogen (secondary N) is 1. The number of allylic oxidation sites excluding steroid dienone is 5. The van der Waals surface area contributed by atoms with Gasteiger partial charge in [-0.1, -0.05) is 42.5 Å². The number of nitrogen functional groups attached to an aromatic ring is 1. The first-order valence-electron chi connectivity index (χ1n) is 5.88. The van der Waals surface area contributed by atoms with Gasteiger partial charge in [0.25, 0.3) is 0 Å². The van der Waals surface area contributed by atoms with Crippen LogP contribution in [0.25, 0.3) is 0 Å². The standard InChI is InChI=1S/C15H19FN2/c1-3-12(2)7-5-4-6-8-13-9-10-15(18-17)14(16)11-13/h3-5,7,9-11,18H,1,6,8,17H2,2H3/b5-4-,12-7-. The quantitative estimate of drug-likeness (QED) is 0.456. The molecule has 1 aromatic rings. The molecule has 0 aliphatic heterocycles. The van der Waals surface area contributed by atoms with Gasteiger partial charge in [0, 0.05) is 0 Å². The summed E-state index contributed by atoms with van der Waals surface area (Å²) in [4.78, 5) is 0. The number of benzene rings is 1. The van der Waals surface area contributed by atoms with Gasteiger partial charge in [-0.3, -0.25) is 5.84 Å². The van der Waals surface area contributed by atoms with Gasteiger partial charge in [-0.05, 0) is 37.5 Å². The monoisotopic (exact) mass is 246 g/mol. The second-order valence-corrected chi connectivity index (χ2v) is 4.04. The lowest BCUT2D eigenvalue weighted by molar-refractivity contribution is 0.628. The van der Waals surface area contributed by atoms with Gasteiger partial charge in [0.1, 0.15) is 5.82 Å². The number of aryl methyl sites for hydroxylation is 1. The van der Waals surface area contributed by atoms with Gasteiger partial charge in [-0.25, -0.2) is 4.39 Å². The maximum Gasteiger partial charge on any atom is 0.147 e. The van der Waals surface area contributed by atoms with E-state index < -0.39 is 0 Å².